The summed E-state index contributed by atoms with van der Waals surface area (Å²) in [7, 11) is 0. The maximum Gasteiger partial charge on any atom is 0.410 e. The van der Waals surface area contributed by atoms with E-state index in [1.165, 1.54) is 11.3 Å². The van der Waals surface area contributed by atoms with Crippen molar-refractivity contribution in [3.05, 3.63) is 75.8 Å². The fraction of sp³-hybridized carbons (Fsp3) is 0.346. The Morgan fingerprint density at radius 1 is 1.13 bits per heavy atom. The number of pyridine rings is 1. The van der Waals surface area contributed by atoms with Crippen LogP contribution >= 0.6 is 11.3 Å². The van der Waals surface area contributed by atoms with Gasteiger partial charge >= 0.3 is 6.09 Å². The Balaban J connectivity index is 1.36. The first-order valence-corrected chi connectivity index (χ1v) is 12.9. The number of para-hydroxylation sites is 2. The summed E-state index contributed by atoms with van der Waals surface area (Å²) >= 11 is 1.28. The van der Waals surface area contributed by atoms with Gasteiger partial charge in [-0.3, -0.25) is 9.78 Å². The van der Waals surface area contributed by atoms with Crippen LogP contribution in [0, 0.1) is 11.6 Å². The molecular formula is C26H28F2N6O3S. The number of ether oxygens (including phenoxy) is 1. The van der Waals surface area contributed by atoms with Crippen molar-refractivity contribution in [2.45, 2.75) is 45.8 Å². The molecule has 0 radical (unpaired) electrons. The zero-order valence-electron chi connectivity index (χ0n) is 21.3. The number of carbonyl (C=O) groups is 2. The topological polar surface area (TPSA) is 113 Å². The molecule has 4 rings (SSSR count). The van der Waals surface area contributed by atoms with E-state index in [0.29, 0.717) is 37.0 Å². The first-order valence-electron chi connectivity index (χ1n) is 12.0. The molecule has 0 bridgehead atoms. The number of carbonyl (C=O) groups excluding carboxylic acids is 2. The minimum atomic E-state index is -0.839. The minimum absolute atomic E-state index is 0.0762. The number of nitrogens with zero attached hydrogens (tertiary/aromatic N) is 4. The van der Waals surface area contributed by atoms with Crippen molar-refractivity contribution in [3.8, 4) is 0 Å². The van der Waals surface area contributed by atoms with Gasteiger partial charge in [0.05, 0.1) is 34.5 Å². The lowest BCUT2D eigenvalue weighted by atomic mass is 10.2. The van der Waals surface area contributed by atoms with Crippen molar-refractivity contribution in [3.63, 3.8) is 0 Å². The summed E-state index contributed by atoms with van der Waals surface area (Å²) in [6, 6.07) is 8.42. The van der Waals surface area contributed by atoms with Crippen LogP contribution in [0.25, 0.3) is 11.0 Å². The Kier molecular flexibility index (Phi) is 8.30. The molecule has 9 nitrogen and oxygen atoms in total. The van der Waals surface area contributed by atoms with Crippen molar-refractivity contribution < 1.29 is 23.1 Å². The molecule has 2 amide bonds. The highest BCUT2D eigenvalue weighted by Crippen LogP contribution is 2.16. The number of rotatable bonds is 9. The number of hydrogen-bond acceptors (Lipinski definition) is 7. The minimum Gasteiger partial charge on any atom is -0.444 e. The van der Waals surface area contributed by atoms with E-state index in [1.807, 2.05) is 24.3 Å². The summed E-state index contributed by atoms with van der Waals surface area (Å²) in [5.74, 6) is -1.37. The predicted molar refractivity (Wildman–Crippen MR) is 139 cm³/mol. The third-order valence-corrected chi connectivity index (χ3v) is 6.30. The second-order valence-corrected chi connectivity index (χ2v) is 10.5. The van der Waals surface area contributed by atoms with Crippen LogP contribution in [-0.2, 0) is 24.1 Å². The third-order valence-electron chi connectivity index (χ3n) is 5.39. The summed E-state index contributed by atoms with van der Waals surface area (Å²) in [5, 5.41) is 4.77. The molecule has 2 N–H and O–H groups in total. The van der Waals surface area contributed by atoms with Crippen molar-refractivity contribution in [2.24, 2.45) is 0 Å². The molecule has 0 fully saturated rings. The van der Waals surface area contributed by atoms with Crippen molar-refractivity contribution in [1.29, 1.82) is 0 Å². The molecule has 12 heteroatoms. The molecule has 0 spiro atoms. The second kappa shape index (κ2) is 11.6. The summed E-state index contributed by atoms with van der Waals surface area (Å²) in [4.78, 5) is 42.8. The summed E-state index contributed by atoms with van der Waals surface area (Å²) in [6.45, 7) is 5.92. The molecule has 38 heavy (non-hydrogen) atoms. The van der Waals surface area contributed by atoms with Crippen LogP contribution in [0.5, 0.6) is 0 Å². The molecule has 1 aromatic carbocycles. The Hall–Kier alpha value is -3.93. The normalized spacial score (nSPS) is 11.5. The zero-order chi connectivity index (χ0) is 27.3. The van der Waals surface area contributed by atoms with Gasteiger partial charge in [-0.25, -0.2) is 23.5 Å². The number of aromatic nitrogens is 4. The largest absolute Gasteiger partial charge is 0.444 e. The van der Waals surface area contributed by atoms with Crippen LogP contribution in [-0.4, -0.2) is 55.5 Å². The van der Waals surface area contributed by atoms with Crippen LogP contribution in [0.3, 0.4) is 0 Å². The van der Waals surface area contributed by atoms with Gasteiger partial charge in [-0.2, -0.15) is 0 Å². The van der Waals surface area contributed by atoms with Crippen LogP contribution in [0.2, 0.25) is 0 Å². The van der Waals surface area contributed by atoms with E-state index in [0.717, 1.165) is 23.1 Å². The third kappa shape index (κ3) is 7.31. The molecule has 0 unspecified atom stereocenters. The average Bonchev–Trinajstić information content (AvgIpc) is 3.49. The average molecular weight is 543 g/mol. The number of hydrogen-bond donors (Lipinski definition) is 2. The molecule has 0 aliphatic heterocycles. The number of thiazole rings is 1. The van der Waals surface area contributed by atoms with E-state index >= 15 is 0 Å². The highest BCUT2D eigenvalue weighted by Gasteiger charge is 2.23. The molecule has 0 saturated heterocycles. The predicted octanol–water partition coefficient (Wildman–Crippen LogP) is 4.64. The molecule has 0 atom stereocenters. The smallest absolute Gasteiger partial charge is 0.410 e. The SMILES string of the molecule is CC(C)(C)OC(=O)N(CCc1nc2ccccc2[nH]1)CCc1nc(C(=O)NCc2ncc(F)cc2F)cs1. The standard InChI is InChI=1S/C26H28F2N6O3S/c1-26(2,3)37-25(36)34(10-8-22-31-18-6-4-5-7-19(18)32-22)11-9-23-33-21(15-38-23)24(35)30-14-20-17(28)12-16(27)13-29-20/h4-7,12-13,15H,8-11,14H2,1-3H3,(H,30,35)(H,31,32). The van der Waals surface area contributed by atoms with Crippen LogP contribution in [0.4, 0.5) is 13.6 Å². The number of fused-ring (bicyclic) bond motifs is 1. The van der Waals surface area contributed by atoms with Crippen LogP contribution in [0.15, 0.2) is 41.9 Å². The van der Waals surface area contributed by atoms with Gasteiger partial charge in [0.15, 0.2) is 0 Å². The number of amides is 2. The number of halogens is 2. The maximum absolute atomic E-state index is 13.8. The Labute approximate surface area is 222 Å². The Morgan fingerprint density at radius 3 is 2.63 bits per heavy atom. The van der Waals surface area contributed by atoms with E-state index in [2.05, 4.69) is 25.3 Å². The maximum atomic E-state index is 13.8. The van der Waals surface area contributed by atoms with Gasteiger partial charge in [-0.1, -0.05) is 12.1 Å². The highest BCUT2D eigenvalue weighted by atomic mass is 32.1. The van der Waals surface area contributed by atoms with Gasteiger partial charge in [0, 0.05) is 37.4 Å². The monoisotopic (exact) mass is 542 g/mol. The van der Waals surface area contributed by atoms with Gasteiger partial charge in [0.1, 0.15) is 28.8 Å². The van der Waals surface area contributed by atoms with Crippen LogP contribution < -0.4 is 5.32 Å². The van der Waals surface area contributed by atoms with Crippen molar-refractivity contribution in [2.75, 3.05) is 13.1 Å². The first kappa shape index (κ1) is 27.1. The summed E-state index contributed by atoms with van der Waals surface area (Å²) in [6.07, 6.45) is 1.35. The molecule has 3 heterocycles. The Bertz CT molecular complexity index is 1400. The zero-order valence-corrected chi connectivity index (χ0v) is 22.1. The van der Waals surface area contributed by atoms with Gasteiger partial charge < -0.3 is 19.9 Å². The van der Waals surface area contributed by atoms with Crippen LogP contribution in [0.1, 0.15) is 47.8 Å². The number of aromatic amines is 1. The number of nitrogens with one attached hydrogen (secondary N) is 2. The number of benzene rings is 1. The molecule has 3 aromatic heterocycles. The van der Waals surface area contributed by atoms with Gasteiger partial charge in [0.25, 0.3) is 5.91 Å². The molecule has 0 aliphatic carbocycles. The van der Waals surface area contributed by atoms with E-state index in [-0.39, 0.29) is 17.9 Å². The molecule has 200 valence electrons. The number of H-pyrrole nitrogens is 1. The highest BCUT2D eigenvalue weighted by molar-refractivity contribution is 7.09. The second-order valence-electron chi connectivity index (χ2n) is 9.56. The van der Waals surface area contributed by atoms with E-state index in [9.17, 15) is 18.4 Å². The van der Waals surface area contributed by atoms with E-state index in [4.69, 9.17) is 4.74 Å². The molecule has 0 saturated carbocycles. The molecular weight excluding hydrogens is 514 g/mol. The molecule has 0 aliphatic rings. The summed E-state index contributed by atoms with van der Waals surface area (Å²) in [5.41, 5.74) is 1.22. The summed E-state index contributed by atoms with van der Waals surface area (Å²) < 4.78 is 32.4. The molecule has 4 aromatic rings. The van der Waals surface area contributed by atoms with Crippen molar-refractivity contribution in [1.82, 2.24) is 30.2 Å². The lowest BCUT2D eigenvalue weighted by molar-refractivity contribution is 0.0253. The van der Waals surface area contributed by atoms with Gasteiger partial charge in [0.2, 0.25) is 0 Å². The van der Waals surface area contributed by atoms with Gasteiger partial charge in [-0.05, 0) is 32.9 Å². The lowest BCUT2D eigenvalue weighted by Crippen LogP contribution is -2.39. The quantitative estimate of drug-likeness (QED) is 0.319. The lowest BCUT2D eigenvalue weighted by Gasteiger charge is -2.27. The number of imidazole rings is 1. The van der Waals surface area contributed by atoms with Crippen molar-refractivity contribution >= 4 is 34.4 Å². The fourth-order valence-corrected chi connectivity index (χ4v) is 4.34. The van der Waals surface area contributed by atoms with Gasteiger partial charge in [-0.15, -0.1) is 11.3 Å². The van der Waals surface area contributed by atoms with E-state index < -0.39 is 29.2 Å². The first-order chi connectivity index (χ1) is 18.1. The fourth-order valence-electron chi connectivity index (χ4n) is 3.57. The Morgan fingerprint density at radius 2 is 1.89 bits per heavy atom. The van der Waals surface area contributed by atoms with E-state index in [1.54, 1.807) is 31.1 Å².